The lowest BCUT2D eigenvalue weighted by Crippen LogP contribution is -2.47. The van der Waals surface area contributed by atoms with Crippen LogP contribution >= 0.6 is 0 Å². The number of piperazine rings is 1. The number of ether oxygens (including phenoxy) is 1. The molecule has 0 atom stereocenters. The number of aliphatic hydroxyl groups excluding tert-OH is 1. The minimum absolute atomic E-state index is 0.0818. The Morgan fingerprint density at radius 1 is 1.00 bits per heavy atom. The van der Waals surface area contributed by atoms with E-state index in [2.05, 4.69) is 9.80 Å². The third kappa shape index (κ3) is 4.23. The van der Waals surface area contributed by atoms with Crippen LogP contribution < -0.4 is 10.3 Å². The van der Waals surface area contributed by atoms with Crippen molar-refractivity contribution in [2.45, 2.75) is 13.5 Å². The molecule has 7 heteroatoms. The second-order valence-corrected chi connectivity index (χ2v) is 7.43. The topological polar surface area (TPSA) is 70.8 Å². The maximum atomic E-state index is 13.5. The molecule has 1 aliphatic heterocycles. The van der Waals surface area contributed by atoms with Crippen LogP contribution in [0.1, 0.15) is 12.7 Å². The van der Waals surface area contributed by atoms with E-state index in [1.807, 2.05) is 55.5 Å². The Labute approximate surface area is 176 Å². The Morgan fingerprint density at radius 2 is 1.70 bits per heavy atom. The minimum atomic E-state index is -0.0818. The average Bonchev–Trinajstić information content (AvgIpc) is 2.77. The lowest BCUT2D eigenvalue weighted by Gasteiger charge is -2.34. The monoisotopic (exact) mass is 408 g/mol. The van der Waals surface area contributed by atoms with E-state index in [1.54, 1.807) is 4.57 Å². The Bertz CT molecular complexity index is 1060. The molecule has 1 saturated heterocycles. The summed E-state index contributed by atoms with van der Waals surface area (Å²) in [6.07, 6.45) is 0. The number of nitrogens with zero attached hydrogens (tertiary/aromatic N) is 4. The summed E-state index contributed by atoms with van der Waals surface area (Å²) in [6.45, 7) is 7.45. The molecular formula is C23H28N4O3. The number of para-hydroxylation sites is 3. The van der Waals surface area contributed by atoms with Gasteiger partial charge in [0.2, 0.25) is 0 Å². The first-order valence-electron chi connectivity index (χ1n) is 10.5. The van der Waals surface area contributed by atoms with Gasteiger partial charge in [-0.3, -0.25) is 19.2 Å². The van der Waals surface area contributed by atoms with Gasteiger partial charge >= 0.3 is 0 Å². The van der Waals surface area contributed by atoms with Crippen LogP contribution in [0.5, 0.6) is 5.75 Å². The number of aromatic nitrogens is 2. The molecule has 1 N–H and O–H groups in total. The number of rotatable bonds is 7. The molecule has 30 heavy (non-hydrogen) atoms. The smallest absolute Gasteiger partial charge is 0.266 e. The highest BCUT2D eigenvalue weighted by molar-refractivity contribution is 5.78. The molecule has 0 saturated carbocycles. The number of aliphatic hydroxyl groups is 1. The molecule has 0 amide bonds. The summed E-state index contributed by atoms with van der Waals surface area (Å²) in [6, 6.07) is 15.1. The maximum absolute atomic E-state index is 13.5. The van der Waals surface area contributed by atoms with Crippen LogP contribution in [-0.2, 0) is 6.54 Å². The van der Waals surface area contributed by atoms with Crippen LogP contribution in [0, 0.1) is 0 Å². The largest absolute Gasteiger partial charge is 0.492 e. The highest BCUT2D eigenvalue weighted by atomic mass is 16.5. The van der Waals surface area contributed by atoms with Crippen LogP contribution in [0.25, 0.3) is 16.6 Å². The summed E-state index contributed by atoms with van der Waals surface area (Å²) in [5.74, 6) is 1.38. The molecule has 0 spiro atoms. The van der Waals surface area contributed by atoms with Crippen molar-refractivity contribution in [3.05, 3.63) is 64.7 Å². The molecule has 158 valence electrons. The van der Waals surface area contributed by atoms with Gasteiger partial charge in [-0.15, -0.1) is 0 Å². The summed E-state index contributed by atoms with van der Waals surface area (Å²) in [7, 11) is 0. The van der Waals surface area contributed by atoms with Gasteiger partial charge < -0.3 is 9.84 Å². The Kier molecular flexibility index (Phi) is 6.42. The summed E-state index contributed by atoms with van der Waals surface area (Å²) in [5, 5.41) is 9.77. The van der Waals surface area contributed by atoms with E-state index in [0.717, 1.165) is 31.9 Å². The van der Waals surface area contributed by atoms with E-state index in [0.29, 0.717) is 42.2 Å². The zero-order valence-electron chi connectivity index (χ0n) is 17.3. The summed E-state index contributed by atoms with van der Waals surface area (Å²) in [4.78, 5) is 22.9. The second kappa shape index (κ2) is 9.38. The second-order valence-electron chi connectivity index (χ2n) is 7.43. The summed E-state index contributed by atoms with van der Waals surface area (Å²) in [5.41, 5.74) is 1.35. The van der Waals surface area contributed by atoms with Crippen molar-refractivity contribution in [3.8, 4) is 11.4 Å². The molecule has 0 aliphatic carbocycles. The molecule has 3 aromatic rings. The van der Waals surface area contributed by atoms with Gasteiger partial charge in [0, 0.05) is 32.7 Å². The fraction of sp³-hybridized carbons (Fsp3) is 0.391. The lowest BCUT2D eigenvalue weighted by molar-refractivity contribution is 0.106. The van der Waals surface area contributed by atoms with Gasteiger partial charge in [0.05, 0.1) is 36.3 Å². The van der Waals surface area contributed by atoms with Crippen LogP contribution in [0.2, 0.25) is 0 Å². The predicted octanol–water partition coefficient (Wildman–Crippen LogP) is 1.89. The molecule has 2 heterocycles. The summed E-state index contributed by atoms with van der Waals surface area (Å²) < 4.78 is 7.51. The van der Waals surface area contributed by atoms with Crippen molar-refractivity contribution in [2.75, 3.05) is 45.9 Å². The molecule has 0 bridgehead atoms. The molecular weight excluding hydrogens is 380 g/mol. The third-order valence-electron chi connectivity index (χ3n) is 5.50. The van der Waals surface area contributed by atoms with Crippen LogP contribution in [-0.4, -0.2) is 70.4 Å². The van der Waals surface area contributed by atoms with E-state index >= 15 is 0 Å². The Balaban J connectivity index is 1.76. The highest BCUT2D eigenvalue weighted by Crippen LogP contribution is 2.24. The molecule has 1 fully saturated rings. The van der Waals surface area contributed by atoms with Crippen LogP contribution in [0.4, 0.5) is 0 Å². The number of fused-ring (bicyclic) bond motifs is 1. The lowest BCUT2D eigenvalue weighted by atomic mass is 10.2. The van der Waals surface area contributed by atoms with Crippen molar-refractivity contribution in [3.63, 3.8) is 0 Å². The van der Waals surface area contributed by atoms with Crippen molar-refractivity contribution < 1.29 is 9.84 Å². The molecule has 7 nitrogen and oxygen atoms in total. The Hall–Kier alpha value is -2.74. The van der Waals surface area contributed by atoms with Crippen LogP contribution in [0.15, 0.2) is 53.3 Å². The number of β-amino-alcohol motifs (C(OH)–C–C–N with tert-alkyl or cyclic N) is 1. The molecule has 0 radical (unpaired) electrons. The van der Waals surface area contributed by atoms with Crippen molar-refractivity contribution in [1.82, 2.24) is 19.4 Å². The van der Waals surface area contributed by atoms with Crippen molar-refractivity contribution in [1.29, 1.82) is 0 Å². The normalized spacial score (nSPS) is 15.5. The number of hydrogen-bond donors (Lipinski definition) is 1. The highest BCUT2D eigenvalue weighted by Gasteiger charge is 2.21. The van der Waals surface area contributed by atoms with Gasteiger partial charge in [-0.1, -0.05) is 24.3 Å². The van der Waals surface area contributed by atoms with Gasteiger partial charge in [0.1, 0.15) is 11.6 Å². The van der Waals surface area contributed by atoms with E-state index < -0.39 is 0 Å². The fourth-order valence-corrected chi connectivity index (χ4v) is 3.97. The zero-order chi connectivity index (χ0) is 20.9. The number of benzene rings is 2. The molecule has 0 unspecified atom stereocenters. The third-order valence-corrected chi connectivity index (χ3v) is 5.50. The standard InChI is InChI=1S/C23H28N4O3/c1-2-30-21-10-6-5-9-20(21)27-22(17-26-13-11-25(12-14-26)15-16-28)24-19-8-4-3-7-18(19)23(27)29/h3-10,28H,2,11-17H2,1H3. The summed E-state index contributed by atoms with van der Waals surface area (Å²) >= 11 is 0. The SMILES string of the molecule is CCOc1ccccc1-n1c(CN2CCN(CCO)CC2)nc2ccccc2c1=O. The van der Waals surface area contributed by atoms with Crippen LogP contribution in [0.3, 0.4) is 0 Å². The molecule has 1 aliphatic rings. The first kappa shape index (κ1) is 20.5. The van der Waals surface area contributed by atoms with Crippen molar-refractivity contribution in [2.24, 2.45) is 0 Å². The maximum Gasteiger partial charge on any atom is 0.266 e. The molecule has 1 aromatic heterocycles. The van der Waals surface area contributed by atoms with Gasteiger partial charge in [0.15, 0.2) is 0 Å². The van der Waals surface area contributed by atoms with E-state index in [9.17, 15) is 4.79 Å². The van der Waals surface area contributed by atoms with Gasteiger partial charge in [0.25, 0.3) is 5.56 Å². The van der Waals surface area contributed by atoms with Gasteiger partial charge in [-0.2, -0.15) is 0 Å². The van der Waals surface area contributed by atoms with Gasteiger partial charge in [-0.05, 0) is 31.2 Å². The van der Waals surface area contributed by atoms with E-state index in [-0.39, 0.29) is 12.2 Å². The average molecular weight is 409 g/mol. The zero-order valence-corrected chi connectivity index (χ0v) is 17.3. The Morgan fingerprint density at radius 3 is 2.47 bits per heavy atom. The van der Waals surface area contributed by atoms with E-state index in [1.165, 1.54) is 0 Å². The first-order valence-corrected chi connectivity index (χ1v) is 10.5. The van der Waals surface area contributed by atoms with Gasteiger partial charge in [-0.25, -0.2) is 4.98 Å². The number of hydrogen-bond acceptors (Lipinski definition) is 6. The van der Waals surface area contributed by atoms with E-state index in [4.69, 9.17) is 14.8 Å². The molecule has 4 rings (SSSR count). The first-order chi connectivity index (χ1) is 14.7. The predicted molar refractivity (Wildman–Crippen MR) is 117 cm³/mol. The van der Waals surface area contributed by atoms with Crippen molar-refractivity contribution >= 4 is 10.9 Å². The quantitative estimate of drug-likeness (QED) is 0.644. The fourth-order valence-electron chi connectivity index (χ4n) is 3.97. The minimum Gasteiger partial charge on any atom is -0.492 e. The molecule has 2 aromatic carbocycles.